The van der Waals surface area contributed by atoms with Crippen LogP contribution in [-0.4, -0.2) is 47.4 Å². The molecule has 1 saturated heterocycles. The van der Waals surface area contributed by atoms with Gasteiger partial charge in [0.05, 0.1) is 0 Å². The Hall–Kier alpha value is -2.90. The van der Waals surface area contributed by atoms with E-state index < -0.39 is 42.5 Å². The molecule has 0 aliphatic carbocycles. The zero-order valence-corrected chi connectivity index (χ0v) is 16.0. The molecule has 1 heterocycles. The number of carbonyl (C=O) groups excluding carboxylic acids is 4. The van der Waals surface area contributed by atoms with Crippen molar-refractivity contribution in [3.05, 3.63) is 29.8 Å². The zero-order chi connectivity index (χ0) is 20.2. The molecule has 0 radical (unpaired) electrons. The summed E-state index contributed by atoms with van der Waals surface area (Å²) in [7, 11) is 0. The van der Waals surface area contributed by atoms with Gasteiger partial charge in [0.25, 0.3) is 11.8 Å². The third-order valence-electron chi connectivity index (χ3n) is 4.56. The summed E-state index contributed by atoms with van der Waals surface area (Å²) in [5.41, 5.74) is 0.603. The first-order chi connectivity index (χ1) is 12.7. The van der Waals surface area contributed by atoms with E-state index in [9.17, 15) is 19.2 Å². The van der Waals surface area contributed by atoms with Gasteiger partial charge in [0, 0.05) is 5.69 Å². The van der Waals surface area contributed by atoms with Gasteiger partial charge in [-0.05, 0) is 30.9 Å². The molecule has 1 aliphatic heterocycles. The van der Waals surface area contributed by atoms with Crippen LogP contribution in [0.15, 0.2) is 24.3 Å². The molecule has 1 fully saturated rings. The number of nitrogens with zero attached hydrogens (tertiary/aromatic N) is 1. The smallest absolute Gasteiger partial charge is 0.326 e. The molecule has 27 heavy (non-hydrogen) atoms. The standard InChI is InChI=1S/C19H25N3O5/c1-5-19(4)17(25)22(18(26)21-19)10-16(24)27-11-15(23)20-14-9-7-6-8-13(14)12(2)3/h6-9,12H,5,10-11H2,1-4H3,(H,20,23)(H,21,26)/t19-/m1/s1. The van der Waals surface area contributed by atoms with Crippen LogP contribution < -0.4 is 10.6 Å². The SMILES string of the molecule is CC[C@@]1(C)NC(=O)N(CC(=O)OCC(=O)Nc2ccccc2C(C)C)C1=O. The second kappa shape index (κ2) is 8.20. The Morgan fingerprint density at radius 2 is 1.93 bits per heavy atom. The van der Waals surface area contributed by atoms with Gasteiger partial charge in [0.1, 0.15) is 12.1 Å². The molecular formula is C19H25N3O5. The molecule has 8 heteroatoms. The van der Waals surface area contributed by atoms with Crippen molar-refractivity contribution in [3.8, 4) is 0 Å². The number of rotatable bonds is 7. The van der Waals surface area contributed by atoms with E-state index in [-0.39, 0.29) is 5.92 Å². The fourth-order valence-corrected chi connectivity index (χ4v) is 2.75. The molecule has 0 saturated carbocycles. The highest BCUT2D eigenvalue weighted by molar-refractivity contribution is 6.08. The third kappa shape index (κ3) is 4.64. The predicted molar refractivity (Wildman–Crippen MR) is 99.1 cm³/mol. The second-order valence-corrected chi connectivity index (χ2v) is 6.96. The second-order valence-electron chi connectivity index (χ2n) is 6.96. The third-order valence-corrected chi connectivity index (χ3v) is 4.56. The number of carbonyl (C=O) groups is 4. The van der Waals surface area contributed by atoms with Crippen LogP contribution >= 0.6 is 0 Å². The Bertz CT molecular complexity index is 761. The molecule has 1 aliphatic rings. The highest BCUT2D eigenvalue weighted by atomic mass is 16.5. The number of ether oxygens (including phenoxy) is 1. The van der Waals surface area contributed by atoms with Crippen LogP contribution in [0.4, 0.5) is 10.5 Å². The van der Waals surface area contributed by atoms with Crippen LogP contribution in [0, 0.1) is 0 Å². The molecule has 4 amide bonds. The highest BCUT2D eigenvalue weighted by Gasteiger charge is 2.47. The molecule has 8 nitrogen and oxygen atoms in total. The molecule has 146 valence electrons. The zero-order valence-electron chi connectivity index (χ0n) is 16.0. The number of hydrogen-bond acceptors (Lipinski definition) is 5. The number of anilines is 1. The van der Waals surface area contributed by atoms with Crippen LogP contribution in [-0.2, 0) is 19.1 Å². The van der Waals surface area contributed by atoms with E-state index in [2.05, 4.69) is 10.6 Å². The Kier molecular flexibility index (Phi) is 6.20. The van der Waals surface area contributed by atoms with Gasteiger partial charge in [-0.25, -0.2) is 4.79 Å². The minimum Gasteiger partial charge on any atom is -0.454 e. The molecule has 0 bridgehead atoms. The van der Waals surface area contributed by atoms with Gasteiger partial charge >= 0.3 is 12.0 Å². The Morgan fingerprint density at radius 1 is 1.26 bits per heavy atom. The first kappa shape index (κ1) is 20.4. The summed E-state index contributed by atoms with van der Waals surface area (Å²) in [6, 6.07) is 6.72. The van der Waals surface area contributed by atoms with E-state index in [0.717, 1.165) is 10.5 Å². The summed E-state index contributed by atoms with van der Waals surface area (Å²) < 4.78 is 4.91. The largest absolute Gasteiger partial charge is 0.454 e. The number of esters is 1. The average Bonchev–Trinajstić information content (AvgIpc) is 2.84. The summed E-state index contributed by atoms with van der Waals surface area (Å²) in [4.78, 5) is 48.9. The fraction of sp³-hybridized carbons (Fsp3) is 0.474. The molecule has 1 aromatic rings. The summed E-state index contributed by atoms with van der Waals surface area (Å²) in [6.45, 7) is 6.34. The molecule has 1 atom stereocenters. The predicted octanol–water partition coefficient (Wildman–Crippen LogP) is 2.01. The van der Waals surface area contributed by atoms with Gasteiger partial charge in [-0.3, -0.25) is 19.3 Å². The number of benzene rings is 1. The topological polar surface area (TPSA) is 105 Å². The molecule has 0 unspecified atom stereocenters. The van der Waals surface area contributed by atoms with Crippen molar-refractivity contribution in [2.24, 2.45) is 0 Å². The summed E-state index contributed by atoms with van der Waals surface area (Å²) in [5, 5.41) is 5.25. The molecule has 1 aromatic carbocycles. The van der Waals surface area contributed by atoms with Gasteiger partial charge < -0.3 is 15.4 Å². The van der Waals surface area contributed by atoms with Crippen LogP contribution in [0.5, 0.6) is 0 Å². The first-order valence-electron chi connectivity index (χ1n) is 8.86. The number of imide groups is 1. The summed E-state index contributed by atoms with van der Waals surface area (Å²) >= 11 is 0. The van der Waals surface area contributed by atoms with Gasteiger partial charge in [0.15, 0.2) is 6.61 Å². The Balaban J connectivity index is 1.88. The van der Waals surface area contributed by atoms with E-state index in [4.69, 9.17) is 4.74 Å². The lowest BCUT2D eigenvalue weighted by Gasteiger charge is -2.18. The Morgan fingerprint density at radius 3 is 2.52 bits per heavy atom. The monoisotopic (exact) mass is 375 g/mol. The number of amides is 4. The van der Waals surface area contributed by atoms with E-state index in [0.29, 0.717) is 12.1 Å². The van der Waals surface area contributed by atoms with Crippen molar-refractivity contribution >= 4 is 29.5 Å². The van der Waals surface area contributed by atoms with Crippen LogP contribution in [0.25, 0.3) is 0 Å². The Labute approximate surface area is 158 Å². The molecule has 2 N–H and O–H groups in total. The average molecular weight is 375 g/mol. The first-order valence-corrected chi connectivity index (χ1v) is 8.86. The van der Waals surface area contributed by atoms with Gasteiger partial charge in [-0.15, -0.1) is 0 Å². The van der Waals surface area contributed by atoms with Gasteiger partial charge in [0.2, 0.25) is 0 Å². The lowest BCUT2D eigenvalue weighted by atomic mass is 9.99. The van der Waals surface area contributed by atoms with E-state index in [1.54, 1.807) is 26.0 Å². The minimum absolute atomic E-state index is 0.219. The number of para-hydroxylation sites is 1. The number of hydrogen-bond donors (Lipinski definition) is 2. The van der Waals surface area contributed by atoms with Crippen LogP contribution in [0.3, 0.4) is 0 Å². The lowest BCUT2D eigenvalue weighted by molar-refractivity contribution is -0.150. The van der Waals surface area contributed by atoms with Crippen molar-refractivity contribution in [1.82, 2.24) is 10.2 Å². The van der Waals surface area contributed by atoms with Gasteiger partial charge in [-0.2, -0.15) is 0 Å². The molecule has 0 spiro atoms. The van der Waals surface area contributed by atoms with Crippen molar-refractivity contribution in [1.29, 1.82) is 0 Å². The highest BCUT2D eigenvalue weighted by Crippen LogP contribution is 2.23. The van der Waals surface area contributed by atoms with Crippen molar-refractivity contribution in [2.45, 2.75) is 45.6 Å². The molecule has 2 rings (SSSR count). The van der Waals surface area contributed by atoms with Gasteiger partial charge in [-0.1, -0.05) is 39.0 Å². The van der Waals surface area contributed by atoms with Crippen molar-refractivity contribution in [3.63, 3.8) is 0 Å². The maximum atomic E-state index is 12.2. The summed E-state index contributed by atoms with van der Waals surface area (Å²) in [6.07, 6.45) is 0.404. The van der Waals surface area contributed by atoms with Crippen molar-refractivity contribution in [2.75, 3.05) is 18.5 Å². The summed E-state index contributed by atoms with van der Waals surface area (Å²) in [5.74, 6) is -1.59. The number of urea groups is 1. The molecular weight excluding hydrogens is 350 g/mol. The van der Waals surface area contributed by atoms with Crippen LogP contribution in [0.1, 0.15) is 45.6 Å². The lowest BCUT2D eigenvalue weighted by Crippen LogP contribution is -2.43. The maximum absolute atomic E-state index is 12.2. The fourth-order valence-electron chi connectivity index (χ4n) is 2.75. The van der Waals surface area contributed by atoms with Crippen molar-refractivity contribution < 1.29 is 23.9 Å². The molecule has 0 aromatic heterocycles. The number of nitrogens with one attached hydrogen (secondary N) is 2. The van der Waals surface area contributed by atoms with E-state index in [1.807, 2.05) is 26.0 Å². The minimum atomic E-state index is -1.02. The van der Waals surface area contributed by atoms with E-state index in [1.165, 1.54) is 0 Å². The van der Waals surface area contributed by atoms with Crippen LogP contribution in [0.2, 0.25) is 0 Å². The quantitative estimate of drug-likeness (QED) is 0.560. The normalized spacial score (nSPS) is 19.2. The maximum Gasteiger partial charge on any atom is 0.326 e. The van der Waals surface area contributed by atoms with E-state index >= 15 is 0 Å².